The van der Waals surface area contributed by atoms with E-state index in [9.17, 15) is 13.6 Å². The van der Waals surface area contributed by atoms with Crippen LogP contribution in [0.1, 0.15) is 55.3 Å². The van der Waals surface area contributed by atoms with Gasteiger partial charge < -0.3 is 11.1 Å². The number of anilines is 1. The van der Waals surface area contributed by atoms with Crippen LogP contribution >= 0.6 is 0 Å². The number of benzene rings is 1. The minimum atomic E-state index is -0.896. The molecule has 0 aliphatic heterocycles. The Balaban J connectivity index is 2.03. The quantitative estimate of drug-likeness (QED) is 0.817. The SMILES string of the molecule is Nc1c(F)cc(C(=O)NC2CCCCCCC2)cc1F. The van der Waals surface area contributed by atoms with Crippen molar-refractivity contribution in [2.45, 2.75) is 51.0 Å². The maximum atomic E-state index is 13.4. The third-order valence-electron chi connectivity index (χ3n) is 3.78. The van der Waals surface area contributed by atoms with Gasteiger partial charge >= 0.3 is 0 Å². The third kappa shape index (κ3) is 3.68. The first-order valence-corrected chi connectivity index (χ1v) is 7.13. The number of rotatable bonds is 2. The summed E-state index contributed by atoms with van der Waals surface area (Å²) >= 11 is 0. The predicted molar refractivity (Wildman–Crippen MR) is 74.3 cm³/mol. The van der Waals surface area contributed by atoms with Crippen LogP contribution in [0.3, 0.4) is 0 Å². The molecule has 1 saturated carbocycles. The zero-order valence-electron chi connectivity index (χ0n) is 11.4. The molecule has 1 aliphatic carbocycles. The van der Waals surface area contributed by atoms with Crippen molar-refractivity contribution in [2.24, 2.45) is 0 Å². The number of hydrogen-bond donors (Lipinski definition) is 2. The Morgan fingerprint density at radius 1 is 1.05 bits per heavy atom. The van der Waals surface area contributed by atoms with Crippen molar-refractivity contribution in [2.75, 3.05) is 5.73 Å². The Hall–Kier alpha value is -1.65. The molecule has 0 unspecified atom stereocenters. The normalized spacial score (nSPS) is 17.3. The maximum Gasteiger partial charge on any atom is 0.251 e. The standard InChI is InChI=1S/C15H20F2N2O/c16-12-8-10(9-13(17)14(12)18)15(20)19-11-6-4-2-1-3-5-7-11/h8-9,11H,1-7,18H2,(H,19,20). The summed E-state index contributed by atoms with van der Waals surface area (Å²) in [6, 6.07) is 2.05. The third-order valence-corrected chi connectivity index (χ3v) is 3.78. The van der Waals surface area contributed by atoms with Crippen LogP contribution in [0.25, 0.3) is 0 Å². The van der Waals surface area contributed by atoms with Gasteiger partial charge in [-0.05, 0) is 25.0 Å². The van der Waals surface area contributed by atoms with Gasteiger partial charge in [0.05, 0.1) is 0 Å². The van der Waals surface area contributed by atoms with Gasteiger partial charge in [-0.15, -0.1) is 0 Å². The van der Waals surface area contributed by atoms with Crippen molar-refractivity contribution in [1.29, 1.82) is 0 Å². The lowest BCUT2D eigenvalue weighted by Crippen LogP contribution is -2.35. The molecule has 0 aromatic heterocycles. The average molecular weight is 282 g/mol. The van der Waals surface area contributed by atoms with Gasteiger partial charge in [0, 0.05) is 11.6 Å². The second-order valence-corrected chi connectivity index (χ2v) is 5.37. The van der Waals surface area contributed by atoms with E-state index in [-0.39, 0.29) is 11.6 Å². The average Bonchev–Trinajstić information content (AvgIpc) is 2.38. The smallest absolute Gasteiger partial charge is 0.251 e. The maximum absolute atomic E-state index is 13.4. The highest BCUT2D eigenvalue weighted by Gasteiger charge is 2.17. The second kappa shape index (κ2) is 6.68. The van der Waals surface area contributed by atoms with Crippen molar-refractivity contribution in [3.63, 3.8) is 0 Å². The molecule has 0 heterocycles. The molecule has 3 nitrogen and oxygen atoms in total. The molecule has 1 aromatic rings. The van der Waals surface area contributed by atoms with Crippen molar-refractivity contribution >= 4 is 11.6 Å². The van der Waals surface area contributed by atoms with Crippen molar-refractivity contribution in [1.82, 2.24) is 5.32 Å². The number of carbonyl (C=O) groups excluding carboxylic acids is 1. The van der Waals surface area contributed by atoms with E-state index in [4.69, 9.17) is 5.73 Å². The summed E-state index contributed by atoms with van der Waals surface area (Å²) in [6.45, 7) is 0. The molecule has 0 spiro atoms. The highest BCUT2D eigenvalue weighted by molar-refractivity contribution is 5.94. The van der Waals surface area contributed by atoms with Gasteiger partial charge in [0.25, 0.3) is 5.91 Å². The molecule has 110 valence electrons. The van der Waals surface area contributed by atoms with E-state index < -0.39 is 23.2 Å². The minimum Gasteiger partial charge on any atom is -0.394 e. The number of hydrogen-bond acceptors (Lipinski definition) is 2. The Bertz CT molecular complexity index is 460. The molecular weight excluding hydrogens is 262 g/mol. The fourth-order valence-corrected chi connectivity index (χ4v) is 2.58. The molecule has 0 atom stereocenters. The van der Waals surface area contributed by atoms with Crippen molar-refractivity contribution < 1.29 is 13.6 Å². The second-order valence-electron chi connectivity index (χ2n) is 5.37. The molecule has 1 fully saturated rings. The molecular formula is C15H20F2N2O. The fourth-order valence-electron chi connectivity index (χ4n) is 2.58. The van der Waals surface area contributed by atoms with Crippen LogP contribution in [0.4, 0.5) is 14.5 Å². The Kier molecular flexibility index (Phi) is 4.93. The van der Waals surface area contributed by atoms with Crippen molar-refractivity contribution in [3.8, 4) is 0 Å². The van der Waals surface area contributed by atoms with E-state index in [1.165, 1.54) is 19.3 Å². The first kappa shape index (κ1) is 14.8. The van der Waals surface area contributed by atoms with Crippen LogP contribution in [0.5, 0.6) is 0 Å². The van der Waals surface area contributed by atoms with Crippen LogP contribution < -0.4 is 11.1 Å². The highest BCUT2D eigenvalue weighted by atomic mass is 19.1. The summed E-state index contributed by atoms with van der Waals surface area (Å²) in [7, 11) is 0. The molecule has 1 aliphatic rings. The monoisotopic (exact) mass is 282 g/mol. The van der Waals surface area contributed by atoms with E-state index in [0.717, 1.165) is 37.8 Å². The van der Waals surface area contributed by atoms with Gasteiger partial charge in [-0.2, -0.15) is 0 Å². The van der Waals surface area contributed by atoms with Crippen LogP contribution in [0, 0.1) is 11.6 Å². The number of nitrogens with two attached hydrogens (primary N) is 1. The zero-order chi connectivity index (χ0) is 14.5. The van der Waals surface area contributed by atoms with E-state index in [1.807, 2.05) is 0 Å². The van der Waals surface area contributed by atoms with Crippen LogP contribution in [0.15, 0.2) is 12.1 Å². The van der Waals surface area contributed by atoms with Gasteiger partial charge in [-0.25, -0.2) is 8.78 Å². The summed E-state index contributed by atoms with van der Waals surface area (Å²) in [5.74, 6) is -2.23. The molecule has 1 aromatic carbocycles. The summed E-state index contributed by atoms with van der Waals surface area (Å²) in [5, 5.41) is 2.86. The Labute approximate surface area is 117 Å². The van der Waals surface area contributed by atoms with E-state index in [1.54, 1.807) is 0 Å². The Morgan fingerprint density at radius 2 is 1.55 bits per heavy atom. The highest BCUT2D eigenvalue weighted by Crippen LogP contribution is 2.19. The van der Waals surface area contributed by atoms with Crippen LogP contribution in [-0.2, 0) is 0 Å². The molecule has 20 heavy (non-hydrogen) atoms. The van der Waals surface area contributed by atoms with Gasteiger partial charge in [0.1, 0.15) is 17.3 Å². The van der Waals surface area contributed by atoms with Gasteiger partial charge in [0.15, 0.2) is 0 Å². The lowest BCUT2D eigenvalue weighted by atomic mass is 9.96. The number of carbonyl (C=O) groups is 1. The largest absolute Gasteiger partial charge is 0.394 e. The van der Waals surface area contributed by atoms with E-state index in [0.29, 0.717) is 0 Å². The minimum absolute atomic E-state index is 0.0174. The first-order valence-electron chi connectivity index (χ1n) is 7.13. The van der Waals surface area contributed by atoms with Gasteiger partial charge in [0.2, 0.25) is 0 Å². The fraction of sp³-hybridized carbons (Fsp3) is 0.533. The summed E-state index contributed by atoms with van der Waals surface area (Å²) in [4.78, 5) is 12.0. The number of nitrogen functional groups attached to an aromatic ring is 1. The molecule has 5 heteroatoms. The molecule has 0 bridgehead atoms. The van der Waals surface area contributed by atoms with Crippen molar-refractivity contribution in [3.05, 3.63) is 29.3 Å². The summed E-state index contributed by atoms with van der Waals surface area (Å²) in [5.41, 5.74) is 4.63. The molecule has 1 amide bonds. The topological polar surface area (TPSA) is 55.1 Å². The number of halogens is 2. The van der Waals surface area contributed by atoms with E-state index in [2.05, 4.69) is 5.32 Å². The van der Waals surface area contributed by atoms with Gasteiger partial charge in [-0.3, -0.25) is 4.79 Å². The van der Waals surface area contributed by atoms with Crippen LogP contribution in [0.2, 0.25) is 0 Å². The molecule has 0 saturated heterocycles. The lowest BCUT2D eigenvalue weighted by molar-refractivity contribution is 0.0929. The number of nitrogens with one attached hydrogen (secondary N) is 1. The summed E-state index contributed by atoms with van der Waals surface area (Å²) in [6.07, 6.45) is 7.60. The Morgan fingerprint density at radius 3 is 2.10 bits per heavy atom. The van der Waals surface area contributed by atoms with E-state index >= 15 is 0 Å². The van der Waals surface area contributed by atoms with Crippen LogP contribution in [-0.4, -0.2) is 11.9 Å². The first-order chi connectivity index (χ1) is 9.58. The predicted octanol–water partition coefficient (Wildman–Crippen LogP) is 3.39. The molecule has 3 N–H and O–H groups in total. The number of amides is 1. The van der Waals surface area contributed by atoms with Gasteiger partial charge in [-0.1, -0.05) is 32.1 Å². The zero-order valence-corrected chi connectivity index (χ0v) is 11.4. The molecule has 0 radical (unpaired) electrons. The lowest BCUT2D eigenvalue weighted by Gasteiger charge is -2.21. The molecule has 2 rings (SSSR count). The summed E-state index contributed by atoms with van der Waals surface area (Å²) < 4.78 is 26.7.